The van der Waals surface area contributed by atoms with Gasteiger partial charge in [-0.2, -0.15) is 0 Å². The van der Waals surface area contributed by atoms with E-state index in [1.165, 1.54) is 11.1 Å². The van der Waals surface area contributed by atoms with Gasteiger partial charge >= 0.3 is 0 Å². The summed E-state index contributed by atoms with van der Waals surface area (Å²) in [6, 6.07) is 8.74. The molecule has 1 aromatic rings. The summed E-state index contributed by atoms with van der Waals surface area (Å²) in [7, 11) is 0. The maximum atomic E-state index is 5.92. The first-order valence-corrected chi connectivity index (χ1v) is 4.62. The van der Waals surface area contributed by atoms with Gasteiger partial charge in [0.1, 0.15) is 0 Å². The van der Waals surface area contributed by atoms with Crippen LogP contribution in [0.2, 0.25) is 0 Å². The van der Waals surface area contributed by atoms with Crippen LogP contribution < -0.4 is 5.73 Å². The first-order chi connectivity index (χ1) is 5.77. The highest BCUT2D eigenvalue weighted by Gasteiger charge is 2.02. The molecule has 2 N–H and O–H groups in total. The fourth-order valence-corrected chi connectivity index (χ4v) is 1.28. The van der Waals surface area contributed by atoms with Crippen LogP contribution in [0, 0.1) is 0 Å². The lowest BCUT2D eigenvalue weighted by molar-refractivity contribution is 0.697. The molecule has 0 saturated carbocycles. The van der Waals surface area contributed by atoms with Crippen molar-refractivity contribution >= 4 is 0 Å². The summed E-state index contributed by atoms with van der Waals surface area (Å²) in [6.45, 7) is 4.28. The Balaban J connectivity index is 2.86. The van der Waals surface area contributed by atoms with Crippen LogP contribution in [-0.4, -0.2) is 0 Å². The Bertz CT molecular complexity index is 243. The second-order valence-corrected chi connectivity index (χ2v) is 3.11. The molecule has 0 fully saturated rings. The number of aryl methyl sites for hydroxylation is 1. The maximum absolute atomic E-state index is 5.92. The Labute approximate surface area is 74.6 Å². The van der Waals surface area contributed by atoms with Crippen molar-refractivity contribution in [2.24, 2.45) is 5.73 Å². The van der Waals surface area contributed by atoms with E-state index >= 15 is 0 Å². The average molecular weight is 163 g/mol. The predicted molar refractivity (Wildman–Crippen MR) is 53.0 cm³/mol. The van der Waals surface area contributed by atoms with Gasteiger partial charge in [-0.05, 0) is 24.0 Å². The van der Waals surface area contributed by atoms with Crippen LogP contribution >= 0.6 is 0 Å². The first-order valence-electron chi connectivity index (χ1n) is 4.62. The summed E-state index contributed by atoms with van der Waals surface area (Å²) < 4.78 is 0. The third kappa shape index (κ3) is 2.08. The van der Waals surface area contributed by atoms with Gasteiger partial charge in [-0.15, -0.1) is 0 Å². The minimum Gasteiger partial charge on any atom is -0.324 e. The number of hydrogen-bond acceptors (Lipinski definition) is 1. The summed E-state index contributed by atoms with van der Waals surface area (Å²) in [5.41, 5.74) is 8.55. The highest BCUT2D eigenvalue weighted by atomic mass is 14.6. The van der Waals surface area contributed by atoms with Crippen molar-refractivity contribution in [2.45, 2.75) is 32.7 Å². The van der Waals surface area contributed by atoms with Crippen LogP contribution in [0.3, 0.4) is 0 Å². The van der Waals surface area contributed by atoms with Crippen LogP contribution in [0.25, 0.3) is 0 Å². The first kappa shape index (κ1) is 9.27. The zero-order valence-corrected chi connectivity index (χ0v) is 7.88. The Morgan fingerprint density at radius 1 is 1.33 bits per heavy atom. The summed E-state index contributed by atoms with van der Waals surface area (Å²) >= 11 is 0. The van der Waals surface area contributed by atoms with Crippen LogP contribution in [-0.2, 0) is 6.42 Å². The molecular formula is C11H17N. The molecule has 0 spiro atoms. The summed E-state index contributed by atoms with van der Waals surface area (Å²) in [6.07, 6.45) is 2.09. The molecule has 0 aromatic heterocycles. The Morgan fingerprint density at radius 3 is 2.67 bits per heavy atom. The number of hydrogen-bond donors (Lipinski definition) is 1. The normalized spacial score (nSPS) is 12.9. The van der Waals surface area contributed by atoms with E-state index in [-0.39, 0.29) is 6.04 Å². The minimum absolute atomic E-state index is 0.205. The molecular weight excluding hydrogens is 146 g/mol. The van der Waals surface area contributed by atoms with Crippen LogP contribution in [0.15, 0.2) is 24.3 Å². The lowest BCUT2D eigenvalue weighted by Crippen LogP contribution is -2.08. The molecule has 0 saturated heterocycles. The largest absolute Gasteiger partial charge is 0.324 e. The Kier molecular flexibility index (Phi) is 3.30. The van der Waals surface area contributed by atoms with Crippen molar-refractivity contribution in [3.8, 4) is 0 Å². The maximum Gasteiger partial charge on any atom is 0.0292 e. The molecule has 1 atom stereocenters. The fourth-order valence-electron chi connectivity index (χ4n) is 1.28. The smallest absolute Gasteiger partial charge is 0.0292 e. The van der Waals surface area contributed by atoms with Gasteiger partial charge in [0.05, 0.1) is 0 Å². The molecule has 0 unspecified atom stereocenters. The quantitative estimate of drug-likeness (QED) is 0.728. The highest BCUT2D eigenvalue weighted by molar-refractivity contribution is 5.25. The SMILES string of the molecule is CCc1cccc([C@H](N)CC)c1. The topological polar surface area (TPSA) is 26.0 Å². The van der Waals surface area contributed by atoms with Crippen molar-refractivity contribution in [1.29, 1.82) is 0 Å². The highest BCUT2D eigenvalue weighted by Crippen LogP contribution is 2.15. The van der Waals surface area contributed by atoms with E-state index < -0.39 is 0 Å². The zero-order chi connectivity index (χ0) is 8.97. The molecule has 1 rings (SSSR count). The van der Waals surface area contributed by atoms with E-state index in [0.717, 1.165) is 12.8 Å². The molecule has 1 heteroatoms. The molecule has 0 aliphatic rings. The van der Waals surface area contributed by atoms with Crippen molar-refractivity contribution in [3.05, 3.63) is 35.4 Å². The lowest BCUT2D eigenvalue weighted by Gasteiger charge is -2.09. The van der Waals surface area contributed by atoms with Crippen LogP contribution in [0.4, 0.5) is 0 Å². The van der Waals surface area contributed by atoms with Gasteiger partial charge in [-0.25, -0.2) is 0 Å². The standard InChI is InChI=1S/C11H17N/c1-3-9-6-5-7-10(8-9)11(12)4-2/h5-8,11H,3-4,12H2,1-2H3/t11-/m1/s1. The summed E-state index contributed by atoms with van der Waals surface area (Å²) in [4.78, 5) is 0. The van der Waals surface area contributed by atoms with Crippen LogP contribution in [0.1, 0.15) is 37.4 Å². The number of rotatable bonds is 3. The molecule has 0 aliphatic carbocycles. The Hall–Kier alpha value is -0.820. The van der Waals surface area contributed by atoms with E-state index in [9.17, 15) is 0 Å². The second-order valence-electron chi connectivity index (χ2n) is 3.11. The molecule has 0 aliphatic heterocycles. The van der Waals surface area contributed by atoms with Crippen molar-refractivity contribution in [1.82, 2.24) is 0 Å². The van der Waals surface area contributed by atoms with Gasteiger partial charge in [-0.1, -0.05) is 38.1 Å². The summed E-state index contributed by atoms with van der Waals surface area (Å²) in [5, 5.41) is 0. The number of benzene rings is 1. The predicted octanol–water partition coefficient (Wildman–Crippen LogP) is 2.66. The Morgan fingerprint density at radius 2 is 2.08 bits per heavy atom. The molecule has 1 nitrogen and oxygen atoms in total. The van der Waals surface area contributed by atoms with Gasteiger partial charge in [0.2, 0.25) is 0 Å². The minimum atomic E-state index is 0.205. The lowest BCUT2D eigenvalue weighted by atomic mass is 10.0. The van der Waals surface area contributed by atoms with E-state index in [0.29, 0.717) is 0 Å². The van der Waals surface area contributed by atoms with Gasteiger partial charge in [0.15, 0.2) is 0 Å². The third-order valence-corrected chi connectivity index (χ3v) is 2.23. The summed E-state index contributed by atoms with van der Waals surface area (Å²) in [5.74, 6) is 0. The van der Waals surface area contributed by atoms with Gasteiger partial charge in [0, 0.05) is 6.04 Å². The molecule has 0 bridgehead atoms. The van der Waals surface area contributed by atoms with Gasteiger partial charge < -0.3 is 5.73 Å². The van der Waals surface area contributed by atoms with E-state index in [1.807, 2.05) is 0 Å². The molecule has 0 amide bonds. The van der Waals surface area contributed by atoms with Crippen molar-refractivity contribution < 1.29 is 0 Å². The zero-order valence-electron chi connectivity index (χ0n) is 7.88. The monoisotopic (exact) mass is 163 g/mol. The van der Waals surface area contributed by atoms with E-state index in [2.05, 4.69) is 38.1 Å². The van der Waals surface area contributed by atoms with Crippen LogP contribution in [0.5, 0.6) is 0 Å². The molecule has 1 aromatic carbocycles. The second kappa shape index (κ2) is 4.27. The van der Waals surface area contributed by atoms with E-state index in [4.69, 9.17) is 5.73 Å². The molecule has 66 valence electrons. The molecule has 0 heterocycles. The number of nitrogens with two attached hydrogens (primary N) is 1. The molecule has 0 radical (unpaired) electrons. The fraction of sp³-hybridized carbons (Fsp3) is 0.455. The molecule has 12 heavy (non-hydrogen) atoms. The van der Waals surface area contributed by atoms with E-state index in [1.54, 1.807) is 0 Å². The van der Waals surface area contributed by atoms with Crippen molar-refractivity contribution in [2.75, 3.05) is 0 Å². The van der Waals surface area contributed by atoms with Gasteiger partial charge in [-0.3, -0.25) is 0 Å². The average Bonchev–Trinajstić information content (AvgIpc) is 2.17. The third-order valence-electron chi connectivity index (χ3n) is 2.23. The van der Waals surface area contributed by atoms with Crippen molar-refractivity contribution in [3.63, 3.8) is 0 Å². The van der Waals surface area contributed by atoms with Gasteiger partial charge in [0.25, 0.3) is 0 Å².